The molecule has 0 amide bonds. The van der Waals surface area contributed by atoms with Crippen LogP contribution in [0.2, 0.25) is 5.02 Å². The van der Waals surface area contributed by atoms with Crippen molar-refractivity contribution >= 4 is 11.6 Å². The van der Waals surface area contributed by atoms with Gasteiger partial charge in [0, 0.05) is 0 Å². The first-order valence-corrected chi connectivity index (χ1v) is 4.18. The molecule has 0 aliphatic rings. The number of rotatable bonds is 2. The van der Waals surface area contributed by atoms with Gasteiger partial charge >= 0.3 is 0 Å². The number of halogens is 1. The van der Waals surface area contributed by atoms with E-state index in [1.807, 2.05) is 18.2 Å². The number of hydrogen-bond acceptors (Lipinski definition) is 1. The first kappa shape index (κ1) is 9.09. The van der Waals surface area contributed by atoms with Gasteiger partial charge in [0.05, 0.1) is 10.6 Å². The fraction of sp³-hybridized carbons (Fsp3) is 0.200. The average Bonchev–Trinajstić information content (AvgIpc) is 2.05. The maximum Gasteiger partial charge on any atom is 0.101 e. The van der Waals surface area contributed by atoms with Crippen molar-refractivity contribution in [2.24, 2.45) is 0 Å². The first-order chi connectivity index (χ1) is 5.77. The van der Waals surface area contributed by atoms with E-state index >= 15 is 0 Å². The summed E-state index contributed by atoms with van der Waals surface area (Å²) in [7, 11) is 0. The van der Waals surface area contributed by atoms with E-state index in [2.05, 4.69) is 13.3 Å². The Hall–Kier alpha value is -1.00. The molecule has 0 saturated heterocycles. The van der Waals surface area contributed by atoms with Crippen molar-refractivity contribution in [3.8, 4) is 6.07 Å². The fourth-order valence-electron chi connectivity index (χ4n) is 0.985. The molecule has 0 spiro atoms. The van der Waals surface area contributed by atoms with E-state index in [-0.39, 0.29) is 0 Å². The van der Waals surface area contributed by atoms with Crippen molar-refractivity contribution in [3.05, 3.63) is 40.8 Å². The Morgan fingerprint density at radius 2 is 2.33 bits per heavy atom. The van der Waals surface area contributed by atoms with Gasteiger partial charge in [0.15, 0.2) is 0 Å². The lowest BCUT2D eigenvalue weighted by Crippen LogP contribution is -1.82. The monoisotopic (exact) mass is 178 g/mol. The average molecular weight is 179 g/mol. The fourth-order valence-corrected chi connectivity index (χ4v) is 1.22. The highest BCUT2D eigenvalue weighted by Crippen LogP contribution is 2.18. The molecule has 0 aliphatic carbocycles. The predicted octanol–water partition coefficient (Wildman–Crippen LogP) is 3.17. The van der Waals surface area contributed by atoms with Gasteiger partial charge in [0.1, 0.15) is 6.07 Å². The third-order valence-corrected chi connectivity index (χ3v) is 1.87. The molecule has 1 aromatic carbocycles. The minimum Gasteiger partial charge on any atom is -0.192 e. The summed E-state index contributed by atoms with van der Waals surface area (Å²) in [6.07, 6.45) is 3.04. The molecule has 1 rings (SSSR count). The molecule has 0 fully saturated rings. The van der Waals surface area contributed by atoms with Crippen LogP contribution in [0.4, 0.5) is 0 Å². The molecule has 1 aromatic rings. The zero-order chi connectivity index (χ0) is 8.97. The summed E-state index contributed by atoms with van der Waals surface area (Å²) < 4.78 is 0. The van der Waals surface area contributed by atoms with E-state index in [4.69, 9.17) is 16.9 Å². The summed E-state index contributed by atoms with van der Waals surface area (Å²) in [5.74, 6) is 0. The topological polar surface area (TPSA) is 23.8 Å². The molecule has 0 unspecified atom stereocenters. The Bertz CT molecular complexity index is 312. The number of nitriles is 1. The zero-order valence-electron chi connectivity index (χ0n) is 6.84. The van der Waals surface area contributed by atoms with E-state index in [9.17, 15) is 0 Å². The normalized spacial score (nSPS) is 9.42. The maximum absolute atomic E-state index is 8.59. The molecule has 0 aliphatic heterocycles. The Morgan fingerprint density at radius 1 is 1.58 bits per heavy atom. The smallest absolute Gasteiger partial charge is 0.101 e. The second-order valence-corrected chi connectivity index (χ2v) is 2.87. The second kappa shape index (κ2) is 4.13. The zero-order valence-corrected chi connectivity index (χ0v) is 7.60. The standard InChI is InChI=1S/C10H9ClN/c1-2-3-8-4-5-9(7-12)10(11)6-8/h3-6H,2H2,1H3. The van der Waals surface area contributed by atoms with Gasteiger partial charge in [-0.05, 0) is 30.5 Å². The van der Waals surface area contributed by atoms with E-state index < -0.39 is 0 Å². The molecule has 0 saturated carbocycles. The lowest BCUT2D eigenvalue weighted by Gasteiger charge is -1.99. The van der Waals surface area contributed by atoms with Crippen LogP contribution in [-0.2, 0) is 0 Å². The molecule has 1 nitrogen and oxygen atoms in total. The van der Waals surface area contributed by atoms with Gasteiger partial charge in [-0.15, -0.1) is 0 Å². The third-order valence-electron chi connectivity index (χ3n) is 1.55. The van der Waals surface area contributed by atoms with Crippen molar-refractivity contribution < 1.29 is 0 Å². The molecule has 0 heterocycles. The summed E-state index contributed by atoms with van der Waals surface area (Å²) in [4.78, 5) is 0. The van der Waals surface area contributed by atoms with Crippen LogP contribution < -0.4 is 0 Å². The molecule has 12 heavy (non-hydrogen) atoms. The molecular weight excluding hydrogens is 170 g/mol. The van der Waals surface area contributed by atoms with Crippen molar-refractivity contribution in [1.29, 1.82) is 5.26 Å². The van der Waals surface area contributed by atoms with E-state index in [1.165, 1.54) is 0 Å². The van der Waals surface area contributed by atoms with Crippen LogP contribution in [0, 0.1) is 17.8 Å². The van der Waals surface area contributed by atoms with Crippen LogP contribution in [0.5, 0.6) is 0 Å². The number of hydrogen-bond donors (Lipinski definition) is 0. The van der Waals surface area contributed by atoms with Gasteiger partial charge in [0.2, 0.25) is 0 Å². The summed E-state index contributed by atoms with van der Waals surface area (Å²) in [5, 5.41) is 9.12. The maximum atomic E-state index is 8.59. The van der Waals surface area contributed by atoms with Crippen molar-refractivity contribution in [3.63, 3.8) is 0 Å². The van der Waals surface area contributed by atoms with E-state index in [0.717, 1.165) is 12.0 Å². The molecule has 0 bridgehead atoms. The van der Waals surface area contributed by atoms with Gasteiger partial charge in [-0.3, -0.25) is 0 Å². The van der Waals surface area contributed by atoms with Gasteiger partial charge < -0.3 is 0 Å². The summed E-state index contributed by atoms with van der Waals surface area (Å²) in [6, 6.07) is 7.46. The Balaban J connectivity index is 2.96. The van der Waals surface area contributed by atoms with Crippen LogP contribution in [0.25, 0.3) is 0 Å². The lowest BCUT2D eigenvalue weighted by molar-refractivity contribution is 1.12. The van der Waals surface area contributed by atoms with Crippen LogP contribution >= 0.6 is 11.6 Å². The predicted molar refractivity (Wildman–Crippen MR) is 49.9 cm³/mol. The minimum absolute atomic E-state index is 0.528. The van der Waals surface area contributed by atoms with E-state index in [1.54, 1.807) is 6.07 Å². The van der Waals surface area contributed by atoms with Gasteiger partial charge in [0.25, 0.3) is 0 Å². The van der Waals surface area contributed by atoms with Crippen molar-refractivity contribution in [1.82, 2.24) is 0 Å². The van der Waals surface area contributed by atoms with Crippen LogP contribution in [-0.4, -0.2) is 0 Å². The SMILES string of the molecule is CC[CH]c1ccc(C#N)c(Cl)c1. The summed E-state index contributed by atoms with van der Waals surface area (Å²) in [5.41, 5.74) is 1.60. The van der Waals surface area contributed by atoms with Crippen LogP contribution in [0.3, 0.4) is 0 Å². The molecule has 0 aromatic heterocycles. The molecule has 61 valence electrons. The first-order valence-electron chi connectivity index (χ1n) is 3.80. The molecular formula is C10H9ClN. The second-order valence-electron chi connectivity index (χ2n) is 2.46. The summed E-state index contributed by atoms with van der Waals surface area (Å²) in [6.45, 7) is 2.06. The Morgan fingerprint density at radius 3 is 2.83 bits per heavy atom. The highest BCUT2D eigenvalue weighted by Gasteiger charge is 1.99. The lowest BCUT2D eigenvalue weighted by atomic mass is 10.1. The number of nitrogens with zero attached hydrogens (tertiary/aromatic N) is 1. The highest BCUT2D eigenvalue weighted by atomic mass is 35.5. The van der Waals surface area contributed by atoms with Gasteiger partial charge in [-0.25, -0.2) is 0 Å². The molecule has 0 atom stereocenters. The summed E-state index contributed by atoms with van der Waals surface area (Å²) >= 11 is 5.82. The van der Waals surface area contributed by atoms with Crippen molar-refractivity contribution in [2.75, 3.05) is 0 Å². The van der Waals surface area contributed by atoms with Gasteiger partial charge in [-0.1, -0.05) is 24.6 Å². The van der Waals surface area contributed by atoms with Crippen LogP contribution in [0.15, 0.2) is 18.2 Å². The largest absolute Gasteiger partial charge is 0.192 e. The van der Waals surface area contributed by atoms with Crippen molar-refractivity contribution in [2.45, 2.75) is 13.3 Å². The Kier molecular flexibility index (Phi) is 3.13. The minimum atomic E-state index is 0.528. The third kappa shape index (κ3) is 1.99. The van der Waals surface area contributed by atoms with Gasteiger partial charge in [-0.2, -0.15) is 5.26 Å². The Labute approximate surface area is 77.6 Å². The molecule has 0 N–H and O–H groups in total. The molecule has 1 radical (unpaired) electrons. The quantitative estimate of drug-likeness (QED) is 0.683. The molecule has 2 heteroatoms. The van der Waals surface area contributed by atoms with Crippen LogP contribution in [0.1, 0.15) is 24.5 Å². The van der Waals surface area contributed by atoms with E-state index in [0.29, 0.717) is 10.6 Å². The number of benzene rings is 1. The highest BCUT2D eigenvalue weighted by molar-refractivity contribution is 6.31.